The van der Waals surface area contributed by atoms with Crippen LogP contribution in [-0.4, -0.2) is 18.8 Å². The van der Waals surface area contributed by atoms with Gasteiger partial charge in [-0.2, -0.15) is 0 Å². The van der Waals surface area contributed by atoms with E-state index in [2.05, 4.69) is 17.8 Å². The molecule has 3 rings (SSSR count). The number of halogens is 1. The van der Waals surface area contributed by atoms with E-state index < -0.39 is 0 Å². The molecule has 1 heterocycles. The second kappa shape index (κ2) is 10.7. The third kappa shape index (κ3) is 6.08. The maximum atomic E-state index is 13.1. The highest BCUT2D eigenvalue weighted by Crippen LogP contribution is 2.30. The van der Waals surface area contributed by atoms with Crippen LogP contribution in [0, 0.1) is 17.0 Å². The summed E-state index contributed by atoms with van der Waals surface area (Å²) in [5.74, 6) is 3.42. The summed E-state index contributed by atoms with van der Waals surface area (Å²) in [5.41, 5.74) is 8.11. The molecule has 6 heteroatoms. The zero-order chi connectivity index (χ0) is 19.6. The predicted molar refractivity (Wildman–Crippen MR) is 108 cm³/mol. The van der Waals surface area contributed by atoms with Crippen molar-refractivity contribution >= 4 is 6.71 Å². The largest absolute Gasteiger partial charge is 0.496 e. The molecule has 2 N–H and O–H groups in total. The van der Waals surface area contributed by atoms with Gasteiger partial charge in [0.1, 0.15) is 11.6 Å². The van der Waals surface area contributed by atoms with Crippen molar-refractivity contribution in [1.82, 2.24) is 4.98 Å². The Labute approximate surface area is 161 Å². The smallest absolute Gasteiger partial charge is 0.267 e. The number of benzene rings is 1. The van der Waals surface area contributed by atoms with Gasteiger partial charge in [0, 0.05) is 29.8 Å². The van der Waals surface area contributed by atoms with Crippen LogP contribution in [0.25, 0.3) is 11.1 Å². The number of methoxy groups -OCH3 is 1. The fourth-order valence-electron chi connectivity index (χ4n) is 3.43. The molecule has 0 spiro atoms. The minimum absolute atomic E-state index is 0.292. The van der Waals surface area contributed by atoms with E-state index in [1.165, 1.54) is 44.4 Å². The van der Waals surface area contributed by atoms with E-state index in [0.717, 1.165) is 22.4 Å². The summed E-state index contributed by atoms with van der Waals surface area (Å²) in [4.78, 5) is 3.82. The molecule has 1 saturated carbocycles. The van der Waals surface area contributed by atoms with E-state index in [9.17, 15) is 4.39 Å². The Kier molecular flexibility index (Phi) is 8.28. The van der Waals surface area contributed by atoms with Crippen LogP contribution in [0.15, 0.2) is 36.7 Å². The van der Waals surface area contributed by atoms with E-state index in [4.69, 9.17) is 15.7 Å². The van der Waals surface area contributed by atoms with E-state index in [0.29, 0.717) is 19.1 Å². The number of nitriles is 1. The van der Waals surface area contributed by atoms with Crippen LogP contribution in [-0.2, 0) is 6.54 Å². The lowest BCUT2D eigenvalue weighted by Crippen LogP contribution is -2.17. The number of nitrogens with zero attached hydrogens (tertiary/aromatic N) is 2. The van der Waals surface area contributed by atoms with Crippen molar-refractivity contribution in [1.29, 1.82) is 5.26 Å². The molecule has 0 amide bonds. The topological polar surface area (TPSA) is 71.9 Å². The van der Waals surface area contributed by atoms with Gasteiger partial charge in [-0.3, -0.25) is 4.98 Å². The van der Waals surface area contributed by atoms with Gasteiger partial charge in [-0.05, 0) is 29.6 Å². The van der Waals surface area contributed by atoms with Crippen molar-refractivity contribution in [3.8, 4) is 22.8 Å². The molecule has 2 aromatic rings. The molecule has 1 aliphatic carbocycles. The number of nitrogens with two attached hydrogens (primary N) is 1. The van der Waals surface area contributed by atoms with Crippen molar-refractivity contribution < 1.29 is 9.13 Å². The maximum Gasteiger partial charge on any atom is 0.267 e. The number of hydrogen-bond acceptors (Lipinski definition) is 4. The van der Waals surface area contributed by atoms with Crippen molar-refractivity contribution in [2.75, 3.05) is 7.11 Å². The monoisotopic (exact) mass is 367 g/mol. The third-order valence-corrected chi connectivity index (χ3v) is 5.10. The average molecular weight is 367 g/mol. The fraction of sp³-hybridized carbons (Fsp3) is 0.429. The van der Waals surface area contributed by atoms with Gasteiger partial charge in [-0.1, -0.05) is 45.0 Å². The van der Waals surface area contributed by atoms with Gasteiger partial charge in [0.2, 0.25) is 0 Å². The van der Waals surface area contributed by atoms with Crippen LogP contribution < -0.4 is 10.5 Å². The Balaban J connectivity index is 0.000000223. The minimum Gasteiger partial charge on any atom is -0.496 e. The molecule has 0 bridgehead atoms. The van der Waals surface area contributed by atoms with Crippen molar-refractivity contribution in [2.24, 2.45) is 5.73 Å². The summed E-state index contributed by atoms with van der Waals surface area (Å²) in [6, 6.07) is 7.00. The second-order valence-corrected chi connectivity index (χ2v) is 6.94. The summed E-state index contributed by atoms with van der Waals surface area (Å²) in [6.07, 6.45) is 9.44. The molecule has 0 atom stereocenters. The Morgan fingerprint density at radius 2 is 1.96 bits per heavy atom. The molecule has 1 aromatic carbocycles. The summed E-state index contributed by atoms with van der Waals surface area (Å²) in [7, 11) is 1.60. The molecular formula is C21H27BFN3O. The summed E-state index contributed by atoms with van der Waals surface area (Å²) >= 11 is 0. The molecule has 1 fully saturated rings. The Morgan fingerprint density at radius 3 is 2.56 bits per heavy atom. The van der Waals surface area contributed by atoms with Gasteiger partial charge in [-0.15, -0.1) is 0 Å². The average Bonchev–Trinajstić information content (AvgIpc) is 2.73. The minimum atomic E-state index is -0.354. The summed E-state index contributed by atoms with van der Waals surface area (Å²) < 4.78 is 18.2. The lowest BCUT2D eigenvalue weighted by atomic mass is 9.41. The van der Waals surface area contributed by atoms with Crippen LogP contribution >= 0.6 is 0 Å². The molecule has 0 radical (unpaired) electrons. The van der Waals surface area contributed by atoms with Gasteiger partial charge in [0.15, 0.2) is 0 Å². The van der Waals surface area contributed by atoms with Crippen LogP contribution in [0.4, 0.5) is 4.39 Å². The first kappa shape index (κ1) is 20.9. The summed E-state index contributed by atoms with van der Waals surface area (Å²) in [6.45, 7) is 2.72. The fourth-order valence-corrected chi connectivity index (χ4v) is 3.43. The maximum absolute atomic E-state index is 13.1. The number of pyridine rings is 1. The lowest BCUT2D eigenvalue weighted by Gasteiger charge is -2.21. The number of aromatic nitrogens is 1. The Hall–Kier alpha value is -2.39. The third-order valence-electron chi connectivity index (χ3n) is 5.10. The number of hydrogen-bond donors (Lipinski definition) is 1. The molecule has 0 aliphatic heterocycles. The standard InChI is InChI=1S/C13H13FN2O.C8H14BN/c1-17-13-3-2-9(4-10(13)6-15)11-5-12(14)8-16-7-11;1-9(7-10)8-5-3-2-4-6-8/h2-5,7-8H,6,15H2,1H3;8H,2-6H2,1H3. The number of ether oxygens (including phenoxy) is 1. The van der Waals surface area contributed by atoms with E-state index >= 15 is 0 Å². The normalized spacial score (nSPS) is 13.9. The highest BCUT2D eigenvalue weighted by atomic mass is 19.1. The molecule has 0 saturated heterocycles. The number of rotatable bonds is 4. The summed E-state index contributed by atoms with van der Waals surface area (Å²) in [5, 5.41) is 8.64. The quantitative estimate of drug-likeness (QED) is 0.783. The molecular weight excluding hydrogens is 340 g/mol. The molecule has 27 heavy (non-hydrogen) atoms. The molecule has 4 nitrogen and oxygen atoms in total. The van der Waals surface area contributed by atoms with Gasteiger partial charge in [0.25, 0.3) is 6.71 Å². The van der Waals surface area contributed by atoms with Crippen LogP contribution in [0.2, 0.25) is 12.6 Å². The van der Waals surface area contributed by atoms with Gasteiger partial charge in [-0.25, -0.2) is 9.65 Å². The molecule has 0 unspecified atom stereocenters. The van der Waals surface area contributed by atoms with Gasteiger partial charge >= 0.3 is 0 Å². The SMILES string of the molecule is CB(C#N)C1CCCCC1.COc1ccc(-c2cncc(F)c2)cc1CN. The Bertz CT molecular complexity index is 772. The first-order valence-electron chi connectivity index (χ1n) is 9.46. The zero-order valence-electron chi connectivity index (χ0n) is 16.1. The van der Waals surface area contributed by atoms with Crippen molar-refractivity contribution in [3.05, 3.63) is 48.0 Å². The zero-order valence-corrected chi connectivity index (χ0v) is 16.1. The van der Waals surface area contributed by atoms with E-state index in [1.54, 1.807) is 13.3 Å². The first-order valence-corrected chi connectivity index (χ1v) is 9.46. The van der Waals surface area contributed by atoms with Crippen LogP contribution in [0.5, 0.6) is 5.75 Å². The van der Waals surface area contributed by atoms with Gasteiger partial charge < -0.3 is 10.5 Å². The molecule has 1 aliphatic rings. The highest BCUT2D eigenvalue weighted by molar-refractivity contribution is 6.67. The second-order valence-electron chi connectivity index (χ2n) is 6.94. The Morgan fingerprint density at radius 1 is 1.22 bits per heavy atom. The van der Waals surface area contributed by atoms with Crippen LogP contribution in [0.1, 0.15) is 37.7 Å². The van der Waals surface area contributed by atoms with Gasteiger partial charge in [0.05, 0.1) is 13.3 Å². The van der Waals surface area contributed by atoms with Crippen LogP contribution in [0.3, 0.4) is 0 Å². The lowest BCUT2D eigenvalue weighted by molar-refractivity contribution is 0.410. The predicted octanol–water partition coefficient (Wildman–Crippen LogP) is 4.86. The molecule has 1 aromatic heterocycles. The first-order chi connectivity index (χ1) is 13.1. The van der Waals surface area contributed by atoms with E-state index in [-0.39, 0.29) is 5.82 Å². The highest BCUT2D eigenvalue weighted by Gasteiger charge is 2.22. The van der Waals surface area contributed by atoms with Crippen molar-refractivity contribution in [2.45, 2.75) is 51.3 Å². The van der Waals surface area contributed by atoms with E-state index in [1.807, 2.05) is 18.2 Å². The van der Waals surface area contributed by atoms with Crippen molar-refractivity contribution in [3.63, 3.8) is 0 Å². The molecule has 142 valence electrons.